The molecule has 0 saturated heterocycles. The van der Waals surface area contributed by atoms with E-state index < -0.39 is 0 Å². The van der Waals surface area contributed by atoms with Crippen LogP contribution < -0.4 is 0 Å². The lowest BCUT2D eigenvalue weighted by Gasteiger charge is -1.99. The van der Waals surface area contributed by atoms with E-state index in [-0.39, 0.29) is 12.0 Å². The third-order valence-electron chi connectivity index (χ3n) is 1.82. The number of benzene rings is 2. The number of rotatable bonds is 0. The Bertz CT molecular complexity index is 505. The predicted octanol–water partition coefficient (Wildman–Crippen LogP) is 3.16. The van der Waals surface area contributed by atoms with E-state index in [0.717, 1.165) is 5.39 Å². The summed E-state index contributed by atoms with van der Waals surface area (Å²) in [5, 5.41) is 1.59. The molecule has 15 heavy (non-hydrogen) atoms. The largest absolute Gasteiger partial charge is 0.373 e. The van der Waals surface area contributed by atoms with E-state index >= 15 is 0 Å². The van der Waals surface area contributed by atoms with E-state index in [4.69, 9.17) is 9.59 Å². The molecule has 0 fully saturated rings. The second kappa shape index (κ2) is 5.39. The van der Waals surface area contributed by atoms with E-state index in [1.54, 1.807) is 12.1 Å². The van der Waals surface area contributed by atoms with Gasteiger partial charge < -0.3 is 0 Å². The van der Waals surface area contributed by atoms with Gasteiger partial charge in [0.1, 0.15) is 5.82 Å². The smallest absolute Gasteiger partial charge is 0.205 e. The summed E-state index contributed by atoms with van der Waals surface area (Å²) in [4.78, 5) is 16.2. The summed E-state index contributed by atoms with van der Waals surface area (Å²) in [5.41, 5.74) is 0. The molecule has 0 radical (unpaired) electrons. The van der Waals surface area contributed by atoms with Crippen LogP contribution in [0.1, 0.15) is 0 Å². The average molecular weight is 269 g/mol. The quantitative estimate of drug-likeness (QED) is 0.736. The number of halogens is 2. The molecule has 0 N–H and O–H groups in total. The van der Waals surface area contributed by atoms with Crippen molar-refractivity contribution in [3.05, 3.63) is 46.7 Å². The molecule has 2 rings (SSSR count). The van der Waals surface area contributed by atoms with Crippen LogP contribution in [0.3, 0.4) is 0 Å². The summed E-state index contributed by atoms with van der Waals surface area (Å²) in [6.45, 7) is 0. The summed E-state index contributed by atoms with van der Waals surface area (Å²) in [7, 11) is 0. The molecule has 0 bridgehead atoms. The maximum atomic E-state index is 13.4. The van der Waals surface area contributed by atoms with Crippen LogP contribution in [0.15, 0.2) is 40.9 Å². The third-order valence-corrected chi connectivity index (χ3v) is 2.43. The van der Waals surface area contributed by atoms with Gasteiger partial charge in [-0.05, 0) is 27.4 Å². The van der Waals surface area contributed by atoms with Crippen molar-refractivity contribution in [3.8, 4) is 0 Å². The molecule has 0 saturated carbocycles. The molecule has 0 atom stereocenters. The maximum absolute atomic E-state index is 13.4. The molecule has 76 valence electrons. The summed E-state index contributed by atoms with van der Waals surface area (Å²) >= 11 is 3.14. The fourth-order valence-corrected chi connectivity index (χ4v) is 1.55. The first-order valence-corrected chi connectivity index (χ1v) is 4.82. The molecule has 0 spiro atoms. The first-order valence-electron chi connectivity index (χ1n) is 4.02. The van der Waals surface area contributed by atoms with Gasteiger partial charge in [-0.3, -0.25) is 0 Å². The van der Waals surface area contributed by atoms with Crippen molar-refractivity contribution >= 4 is 32.9 Å². The fraction of sp³-hybridized carbons (Fsp3) is 0. The van der Waals surface area contributed by atoms with Crippen LogP contribution in [-0.2, 0) is 9.59 Å². The number of hydrogen-bond acceptors (Lipinski definition) is 2. The minimum absolute atomic E-state index is 0.187. The normalized spacial score (nSPS) is 8.93. The highest BCUT2D eigenvalue weighted by atomic mass is 79.9. The Morgan fingerprint density at radius 3 is 2.33 bits per heavy atom. The first-order chi connectivity index (χ1) is 7.20. The lowest BCUT2D eigenvalue weighted by molar-refractivity contribution is -0.191. The molecular formula is C11H6BrFO2. The van der Waals surface area contributed by atoms with Crippen molar-refractivity contribution in [1.82, 2.24) is 0 Å². The minimum Gasteiger partial charge on any atom is -0.205 e. The highest BCUT2D eigenvalue weighted by Crippen LogP contribution is 2.24. The van der Waals surface area contributed by atoms with Gasteiger partial charge in [-0.15, -0.1) is 0 Å². The molecule has 0 aliphatic rings. The van der Waals surface area contributed by atoms with Crippen molar-refractivity contribution in [2.24, 2.45) is 0 Å². The van der Waals surface area contributed by atoms with E-state index in [1.807, 2.05) is 24.3 Å². The van der Waals surface area contributed by atoms with Gasteiger partial charge in [0.05, 0.1) is 4.47 Å². The lowest BCUT2D eigenvalue weighted by atomic mass is 10.1. The topological polar surface area (TPSA) is 34.1 Å². The fourth-order valence-electron chi connectivity index (χ4n) is 1.21. The molecule has 0 unspecified atom stereocenters. The van der Waals surface area contributed by atoms with Gasteiger partial charge >= 0.3 is 6.15 Å². The number of fused-ring (bicyclic) bond motifs is 1. The van der Waals surface area contributed by atoms with Crippen LogP contribution >= 0.6 is 15.9 Å². The van der Waals surface area contributed by atoms with E-state index in [1.165, 1.54) is 0 Å². The maximum Gasteiger partial charge on any atom is 0.373 e. The molecule has 0 heterocycles. The van der Waals surface area contributed by atoms with Gasteiger partial charge in [0.25, 0.3) is 0 Å². The highest BCUT2D eigenvalue weighted by molar-refractivity contribution is 9.10. The Kier molecular flexibility index (Phi) is 4.16. The minimum atomic E-state index is -0.187. The van der Waals surface area contributed by atoms with Crippen molar-refractivity contribution in [2.45, 2.75) is 0 Å². The van der Waals surface area contributed by atoms with Gasteiger partial charge in [-0.1, -0.05) is 30.3 Å². The van der Waals surface area contributed by atoms with E-state index in [0.29, 0.717) is 9.86 Å². The van der Waals surface area contributed by atoms with Crippen LogP contribution in [0.5, 0.6) is 0 Å². The van der Waals surface area contributed by atoms with Crippen molar-refractivity contribution < 1.29 is 14.0 Å². The average Bonchev–Trinajstić information content (AvgIpc) is 2.25. The van der Waals surface area contributed by atoms with Gasteiger partial charge in [-0.25, -0.2) is 4.39 Å². The van der Waals surface area contributed by atoms with Gasteiger partial charge in [0.15, 0.2) is 0 Å². The molecule has 2 aromatic carbocycles. The Hall–Kier alpha value is -1.51. The Balaban J connectivity index is 0.000000337. The van der Waals surface area contributed by atoms with Gasteiger partial charge in [0, 0.05) is 5.39 Å². The molecule has 2 nitrogen and oxygen atoms in total. The van der Waals surface area contributed by atoms with Crippen LogP contribution in [0.2, 0.25) is 0 Å². The molecular weight excluding hydrogens is 263 g/mol. The van der Waals surface area contributed by atoms with Gasteiger partial charge in [0.2, 0.25) is 0 Å². The molecule has 4 heteroatoms. The van der Waals surface area contributed by atoms with Crippen molar-refractivity contribution in [1.29, 1.82) is 0 Å². The summed E-state index contributed by atoms with van der Waals surface area (Å²) < 4.78 is 13.9. The van der Waals surface area contributed by atoms with Crippen LogP contribution in [0.4, 0.5) is 4.39 Å². The molecule has 0 amide bonds. The zero-order chi connectivity index (χ0) is 11.3. The zero-order valence-electron chi connectivity index (χ0n) is 7.54. The summed E-state index contributed by atoms with van der Waals surface area (Å²) in [6, 6.07) is 11.0. The van der Waals surface area contributed by atoms with Crippen LogP contribution in [-0.4, -0.2) is 6.15 Å². The van der Waals surface area contributed by atoms with Gasteiger partial charge in [-0.2, -0.15) is 9.59 Å². The molecule has 0 aliphatic carbocycles. The summed E-state index contributed by atoms with van der Waals surface area (Å²) in [5.74, 6) is -0.187. The third kappa shape index (κ3) is 2.72. The summed E-state index contributed by atoms with van der Waals surface area (Å²) in [6.07, 6.45) is 0.250. The number of carbonyl (C=O) groups excluding carboxylic acids is 2. The SMILES string of the molecule is Fc1c(Br)ccc2ccccc12.O=C=O. The molecule has 0 aromatic heterocycles. The molecule has 0 aliphatic heterocycles. The zero-order valence-corrected chi connectivity index (χ0v) is 9.12. The molecule has 2 aromatic rings. The lowest BCUT2D eigenvalue weighted by Crippen LogP contribution is -1.80. The monoisotopic (exact) mass is 268 g/mol. The Labute approximate surface area is 93.8 Å². The standard InChI is InChI=1S/C10H6BrF.CO2/c11-9-6-5-7-3-1-2-4-8(7)10(9)12;2-1-3/h1-6H;. The van der Waals surface area contributed by atoms with Crippen molar-refractivity contribution in [2.75, 3.05) is 0 Å². The first kappa shape index (κ1) is 11.6. The second-order valence-corrected chi connectivity index (χ2v) is 3.52. The number of hydrogen-bond donors (Lipinski definition) is 0. The Morgan fingerprint density at radius 1 is 1.07 bits per heavy atom. The predicted molar refractivity (Wildman–Crippen MR) is 56.6 cm³/mol. The van der Waals surface area contributed by atoms with E-state index in [9.17, 15) is 4.39 Å². The van der Waals surface area contributed by atoms with Crippen LogP contribution in [0.25, 0.3) is 10.8 Å². The van der Waals surface area contributed by atoms with Crippen molar-refractivity contribution in [3.63, 3.8) is 0 Å². The van der Waals surface area contributed by atoms with Crippen LogP contribution in [0, 0.1) is 5.82 Å². The van der Waals surface area contributed by atoms with E-state index in [2.05, 4.69) is 15.9 Å². The second-order valence-electron chi connectivity index (χ2n) is 2.67. The Morgan fingerprint density at radius 2 is 1.67 bits per heavy atom. The highest BCUT2D eigenvalue weighted by Gasteiger charge is 2.02.